The van der Waals surface area contributed by atoms with Gasteiger partial charge in [-0.2, -0.15) is 0 Å². The van der Waals surface area contributed by atoms with Gasteiger partial charge in [-0.1, -0.05) is 60.1 Å². The maximum atomic E-state index is 12.8. The molecule has 3 aromatic carbocycles. The van der Waals surface area contributed by atoms with Crippen molar-refractivity contribution < 1.29 is 18.0 Å². The summed E-state index contributed by atoms with van der Waals surface area (Å²) in [6.45, 7) is 0. The van der Waals surface area contributed by atoms with Crippen molar-refractivity contribution in [2.24, 2.45) is 0 Å². The zero-order chi connectivity index (χ0) is 20.9. The van der Waals surface area contributed by atoms with E-state index >= 15 is 0 Å². The fourth-order valence-corrected chi connectivity index (χ4v) is 4.18. The first-order valence-corrected chi connectivity index (χ1v) is 10.9. The Kier molecular flexibility index (Phi) is 6.46. The Labute approximate surface area is 174 Å². The van der Waals surface area contributed by atoms with Gasteiger partial charge < -0.3 is 5.32 Å². The van der Waals surface area contributed by atoms with Crippen LogP contribution >= 0.6 is 11.6 Å². The van der Waals surface area contributed by atoms with Crippen LogP contribution in [0.3, 0.4) is 0 Å². The largest absolute Gasteiger partial charge is 0.325 e. The maximum Gasteiger partial charge on any atom is 0.225 e. The van der Waals surface area contributed by atoms with E-state index in [1.807, 2.05) is 0 Å². The monoisotopic (exact) mass is 427 g/mol. The van der Waals surface area contributed by atoms with E-state index < -0.39 is 15.7 Å². The van der Waals surface area contributed by atoms with Gasteiger partial charge in [0.15, 0.2) is 15.6 Å². The zero-order valence-electron chi connectivity index (χ0n) is 15.3. The third kappa shape index (κ3) is 5.31. The molecule has 1 amide bonds. The molecule has 3 aromatic rings. The van der Waals surface area contributed by atoms with Crippen LogP contribution in [0.2, 0.25) is 5.02 Å². The molecule has 0 saturated carbocycles. The van der Waals surface area contributed by atoms with Crippen LogP contribution in [0.5, 0.6) is 0 Å². The number of carbonyl (C=O) groups is 2. The van der Waals surface area contributed by atoms with Crippen LogP contribution in [-0.2, 0) is 14.6 Å². The molecular weight excluding hydrogens is 410 g/mol. The number of nitrogens with one attached hydrogen (secondary N) is 1. The third-order valence-corrected chi connectivity index (χ3v) is 6.20. The molecule has 0 radical (unpaired) electrons. The number of amides is 1. The van der Waals surface area contributed by atoms with Gasteiger partial charge in [0.25, 0.3) is 0 Å². The molecule has 5 nitrogen and oxygen atoms in total. The smallest absolute Gasteiger partial charge is 0.225 e. The summed E-state index contributed by atoms with van der Waals surface area (Å²) >= 11 is 6.03. The topological polar surface area (TPSA) is 80.3 Å². The Morgan fingerprint density at radius 1 is 0.862 bits per heavy atom. The van der Waals surface area contributed by atoms with Crippen LogP contribution in [0.15, 0.2) is 83.8 Å². The standard InChI is InChI=1S/C22H18ClNO4S/c23-17-11-12-20(19(15-17)22(26)16-7-3-1-4-8-16)24-21(25)13-14-29(27,28)18-9-5-2-6-10-18/h1-12,15H,13-14H2,(H,24,25). The van der Waals surface area contributed by atoms with E-state index in [4.69, 9.17) is 11.6 Å². The molecule has 0 atom stereocenters. The van der Waals surface area contributed by atoms with Gasteiger partial charge in [-0.3, -0.25) is 9.59 Å². The summed E-state index contributed by atoms with van der Waals surface area (Å²) in [5, 5.41) is 2.99. The van der Waals surface area contributed by atoms with Crippen molar-refractivity contribution in [3.05, 3.63) is 95.0 Å². The van der Waals surface area contributed by atoms with Crippen LogP contribution in [0, 0.1) is 0 Å². The molecule has 0 aliphatic carbocycles. The summed E-state index contributed by atoms with van der Waals surface area (Å²) in [6.07, 6.45) is -0.237. The first kappa shape index (κ1) is 20.8. The van der Waals surface area contributed by atoms with Crippen molar-refractivity contribution in [1.29, 1.82) is 0 Å². The van der Waals surface area contributed by atoms with Crippen LogP contribution in [-0.4, -0.2) is 25.9 Å². The predicted octanol–water partition coefficient (Wildman–Crippen LogP) is 4.37. The highest BCUT2D eigenvalue weighted by atomic mass is 35.5. The van der Waals surface area contributed by atoms with Crippen molar-refractivity contribution in [1.82, 2.24) is 0 Å². The zero-order valence-corrected chi connectivity index (χ0v) is 16.9. The molecule has 0 aliphatic rings. The molecule has 29 heavy (non-hydrogen) atoms. The van der Waals surface area contributed by atoms with Gasteiger partial charge in [0.2, 0.25) is 5.91 Å². The Balaban J connectivity index is 1.75. The van der Waals surface area contributed by atoms with Crippen LogP contribution < -0.4 is 5.32 Å². The summed E-state index contributed by atoms with van der Waals surface area (Å²) in [4.78, 5) is 25.3. The molecule has 0 saturated heterocycles. The average molecular weight is 428 g/mol. The number of anilines is 1. The molecule has 0 heterocycles. The molecule has 0 unspecified atom stereocenters. The van der Waals surface area contributed by atoms with Gasteiger partial charge in [0.05, 0.1) is 16.3 Å². The predicted molar refractivity (Wildman–Crippen MR) is 113 cm³/mol. The lowest BCUT2D eigenvalue weighted by molar-refractivity contribution is -0.115. The van der Waals surface area contributed by atoms with Crippen LogP contribution in [0.4, 0.5) is 5.69 Å². The van der Waals surface area contributed by atoms with Gasteiger partial charge in [-0.05, 0) is 30.3 Å². The number of halogens is 1. The van der Waals surface area contributed by atoms with Crippen molar-refractivity contribution >= 4 is 38.8 Å². The van der Waals surface area contributed by atoms with E-state index in [2.05, 4.69) is 5.32 Å². The first-order valence-electron chi connectivity index (χ1n) is 8.84. The second-order valence-corrected chi connectivity index (χ2v) is 8.86. The van der Waals surface area contributed by atoms with E-state index in [9.17, 15) is 18.0 Å². The van der Waals surface area contributed by atoms with Gasteiger partial charge in [-0.25, -0.2) is 8.42 Å². The SMILES string of the molecule is O=C(CCS(=O)(=O)c1ccccc1)Nc1ccc(Cl)cc1C(=O)c1ccccc1. The molecule has 0 spiro atoms. The highest BCUT2D eigenvalue weighted by Crippen LogP contribution is 2.24. The fraction of sp³-hybridized carbons (Fsp3) is 0.0909. The molecule has 3 rings (SSSR count). The van der Waals surface area contributed by atoms with Gasteiger partial charge in [0.1, 0.15) is 0 Å². The number of carbonyl (C=O) groups excluding carboxylic acids is 2. The van der Waals surface area contributed by atoms with Gasteiger partial charge in [0, 0.05) is 22.6 Å². The third-order valence-electron chi connectivity index (χ3n) is 4.24. The molecular formula is C22H18ClNO4S. The minimum atomic E-state index is -3.57. The molecule has 7 heteroatoms. The lowest BCUT2D eigenvalue weighted by Crippen LogP contribution is -2.19. The number of benzene rings is 3. The summed E-state index contributed by atoms with van der Waals surface area (Å²) in [6, 6.07) is 21.1. The van der Waals surface area contributed by atoms with Crippen LogP contribution in [0.1, 0.15) is 22.3 Å². The normalized spacial score (nSPS) is 11.1. The van der Waals surface area contributed by atoms with Crippen LogP contribution in [0.25, 0.3) is 0 Å². The number of sulfone groups is 1. The molecule has 0 aromatic heterocycles. The Morgan fingerprint density at radius 3 is 2.14 bits per heavy atom. The van der Waals surface area contributed by atoms with Gasteiger partial charge in [-0.15, -0.1) is 0 Å². The molecule has 1 N–H and O–H groups in total. The number of hydrogen-bond acceptors (Lipinski definition) is 4. The Morgan fingerprint density at radius 2 is 1.48 bits per heavy atom. The Bertz CT molecular complexity index is 1130. The number of rotatable bonds is 7. The Hall–Kier alpha value is -2.96. The second-order valence-electron chi connectivity index (χ2n) is 6.32. The average Bonchev–Trinajstić information content (AvgIpc) is 2.74. The highest BCUT2D eigenvalue weighted by Gasteiger charge is 2.19. The number of ketones is 1. The molecule has 0 bridgehead atoms. The van der Waals surface area contributed by atoms with E-state index in [-0.39, 0.29) is 34.1 Å². The van der Waals surface area contributed by atoms with Crippen molar-refractivity contribution in [3.8, 4) is 0 Å². The number of hydrogen-bond donors (Lipinski definition) is 1. The minimum absolute atomic E-state index is 0.166. The van der Waals surface area contributed by atoms with E-state index in [1.54, 1.807) is 54.6 Å². The summed E-state index contributed by atoms with van der Waals surface area (Å²) < 4.78 is 24.7. The van der Waals surface area contributed by atoms with E-state index in [1.165, 1.54) is 24.3 Å². The molecule has 0 fully saturated rings. The molecule has 0 aliphatic heterocycles. The maximum absolute atomic E-state index is 12.8. The first-order chi connectivity index (χ1) is 13.9. The summed E-state index contributed by atoms with van der Waals surface area (Å²) in [5.74, 6) is -1.13. The lowest BCUT2D eigenvalue weighted by atomic mass is 10.0. The highest BCUT2D eigenvalue weighted by molar-refractivity contribution is 7.91. The van der Waals surface area contributed by atoms with Crippen molar-refractivity contribution in [2.45, 2.75) is 11.3 Å². The van der Waals surface area contributed by atoms with E-state index in [0.29, 0.717) is 10.6 Å². The van der Waals surface area contributed by atoms with Crippen molar-refractivity contribution in [2.75, 3.05) is 11.1 Å². The minimum Gasteiger partial charge on any atom is -0.325 e. The van der Waals surface area contributed by atoms with Crippen molar-refractivity contribution in [3.63, 3.8) is 0 Å². The summed E-state index contributed by atoms with van der Waals surface area (Å²) in [7, 11) is -3.57. The quantitative estimate of drug-likeness (QED) is 0.567. The summed E-state index contributed by atoms with van der Waals surface area (Å²) in [5.41, 5.74) is 0.977. The van der Waals surface area contributed by atoms with Gasteiger partial charge >= 0.3 is 0 Å². The fourth-order valence-electron chi connectivity index (χ4n) is 2.74. The van der Waals surface area contributed by atoms with E-state index in [0.717, 1.165) is 0 Å². The second kappa shape index (κ2) is 9.03. The lowest BCUT2D eigenvalue weighted by Gasteiger charge is -2.11. The molecule has 148 valence electrons.